The Morgan fingerprint density at radius 2 is 1.64 bits per heavy atom. The Morgan fingerprint density at radius 3 is 1.86 bits per heavy atom. The molecular weight excluding hydrogens is 384 g/mol. The maximum atomic E-state index is 8.40. The van der Waals surface area contributed by atoms with Crippen LogP contribution in [0.25, 0.3) is 0 Å². The summed E-state index contributed by atoms with van der Waals surface area (Å²) in [6.07, 6.45) is 10.4. The Balaban J connectivity index is 0.000000339. The quantitative estimate of drug-likeness (QED) is 0.331. The van der Waals surface area contributed by atoms with Crippen LogP contribution in [0.15, 0.2) is 73.6 Å². The summed E-state index contributed by atoms with van der Waals surface area (Å²) in [5.41, 5.74) is 1.93. The number of H-pyrrole nitrogens is 3. The van der Waals surface area contributed by atoms with Crippen LogP contribution in [0.4, 0.5) is 0 Å². The summed E-state index contributed by atoms with van der Waals surface area (Å²) in [4.78, 5) is 13.8. The number of halogens is 1. The van der Waals surface area contributed by atoms with Crippen LogP contribution < -0.4 is 0 Å². The number of aliphatic hydroxyl groups is 2. The number of aromatic amines is 3. The van der Waals surface area contributed by atoms with Crippen molar-refractivity contribution in [3.63, 3.8) is 0 Å². The van der Waals surface area contributed by atoms with Crippen LogP contribution >= 0.6 is 11.6 Å². The average molecular weight is 409 g/mol. The van der Waals surface area contributed by atoms with Crippen LogP contribution in [-0.4, -0.2) is 46.9 Å². The highest BCUT2D eigenvalue weighted by molar-refractivity contribution is 6.16. The second-order valence-corrected chi connectivity index (χ2v) is 4.90. The fourth-order valence-electron chi connectivity index (χ4n) is 1.52. The van der Waals surface area contributed by atoms with Gasteiger partial charge >= 0.3 is 0 Å². The van der Waals surface area contributed by atoms with Crippen LogP contribution in [0.3, 0.4) is 0 Å². The van der Waals surface area contributed by atoms with E-state index in [1.54, 1.807) is 37.1 Å². The summed E-state index contributed by atoms with van der Waals surface area (Å²) >= 11 is 5.44. The molecule has 4 heterocycles. The Bertz CT molecular complexity index is 630. The number of alkyl halides is 1. The zero-order valence-electron chi connectivity index (χ0n) is 15.3. The maximum Gasteiger partial charge on any atom is 0.136 e. The largest absolute Gasteiger partial charge is 0.390 e. The van der Waals surface area contributed by atoms with Crippen LogP contribution in [0, 0.1) is 0 Å². The van der Waals surface area contributed by atoms with E-state index in [0.717, 1.165) is 11.4 Å². The van der Waals surface area contributed by atoms with Crippen molar-refractivity contribution in [3.05, 3.63) is 85.0 Å². The Kier molecular flexibility index (Phi) is 16.6. The van der Waals surface area contributed by atoms with Crippen LogP contribution in [-0.2, 0) is 24.0 Å². The van der Waals surface area contributed by atoms with Gasteiger partial charge in [-0.15, -0.1) is 11.6 Å². The minimum absolute atomic E-state index is 0.0347. The Hall–Kier alpha value is -3.14. The molecule has 0 aliphatic heterocycles. The summed E-state index contributed by atoms with van der Waals surface area (Å²) < 4.78 is 1.43. The molecule has 0 fully saturated rings. The molecule has 0 unspecified atom stereocenters. The number of hydrogen-bond donors (Lipinski definition) is 5. The van der Waals surface area contributed by atoms with E-state index in [1.165, 1.54) is 4.68 Å². The molecule has 0 aromatic carbocycles. The smallest absolute Gasteiger partial charge is 0.136 e. The highest BCUT2D eigenvalue weighted by atomic mass is 35.5. The third-order valence-electron chi connectivity index (χ3n) is 2.75. The topological polar surface area (TPSA) is 136 Å². The predicted molar refractivity (Wildman–Crippen MR) is 107 cm³/mol. The van der Waals surface area contributed by atoms with Gasteiger partial charge in [-0.1, -0.05) is 0 Å². The lowest BCUT2D eigenvalue weighted by atomic mass is 10.5. The summed E-state index contributed by atoms with van der Waals surface area (Å²) in [6, 6.07) is 11.2. The number of aromatic nitrogens is 6. The third kappa shape index (κ3) is 13.1. The molecule has 4 rings (SSSR count). The lowest BCUT2D eigenvalue weighted by Gasteiger charge is -1.87. The molecule has 0 aliphatic rings. The van der Waals surface area contributed by atoms with Gasteiger partial charge in [0.2, 0.25) is 0 Å². The lowest BCUT2D eigenvalue weighted by Crippen LogP contribution is -1.94. The van der Waals surface area contributed by atoms with Crippen molar-refractivity contribution in [2.45, 2.75) is 19.2 Å². The molecule has 4 aromatic heterocycles. The number of carbonyl (C=O) groups is 1. The van der Waals surface area contributed by atoms with Gasteiger partial charge in [-0.25, -0.2) is 4.68 Å². The van der Waals surface area contributed by atoms with Gasteiger partial charge in [-0.05, 0) is 36.4 Å². The van der Waals surface area contributed by atoms with Gasteiger partial charge in [0.15, 0.2) is 0 Å². The minimum atomic E-state index is -0.0347. The van der Waals surface area contributed by atoms with Crippen molar-refractivity contribution >= 4 is 18.4 Å². The number of rotatable bonds is 3. The number of nitrogens with zero attached hydrogens (tertiary/aromatic N) is 3. The van der Waals surface area contributed by atoms with Gasteiger partial charge in [-0.2, -0.15) is 10.2 Å². The fourth-order valence-corrected chi connectivity index (χ4v) is 1.68. The van der Waals surface area contributed by atoms with E-state index >= 15 is 0 Å². The highest BCUT2D eigenvalue weighted by Gasteiger charge is 1.83. The van der Waals surface area contributed by atoms with E-state index in [2.05, 4.69) is 25.3 Å². The summed E-state index contributed by atoms with van der Waals surface area (Å²) in [6.45, 7) is 2.07. The molecule has 0 radical (unpaired) electrons. The van der Waals surface area contributed by atoms with Gasteiger partial charge in [0.05, 0.1) is 12.5 Å². The molecule has 0 saturated carbocycles. The number of aliphatic hydroxyl groups excluding tert-OH is 2. The third-order valence-corrected chi connectivity index (χ3v) is 3.04. The van der Waals surface area contributed by atoms with Crippen molar-refractivity contribution in [2.24, 2.45) is 0 Å². The SMILES string of the molecule is C=O.ClCc1ccc[nH]1.OCc1ccc[nH]1.OCn1cccn1.c1cn[nH]c1. The fraction of sp³-hybridized carbons (Fsp3) is 0.167. The second-order valence-electron chi connectivity index (χ2n) is 4.64. The average Bonchev–Trinajstić information content (AvgIpc) is 3.60. The molecule has 0 bridgehead atoms. The highest BCUT2D eigenvalue weighted by Crippen LogP contribution is 1.96. The van der Waals surface area contributed by atoms with Crippen LogP contribution in [0.1, 0.15) is 11.4 Å². The van der Waals surface area contributed by atoms with Crippen LogP contribution in [0.2, 0.25) is 0 Å². The van der Waals surface area contributed by atoms with E-state index in [-0.39, 0.29) is 13.3 Å². The molecule has 152 valence electrons. The van der Waals surface area contributed by atoms with E-state index < -0.39 is 0 Å². The Labute approximate surface area is 168 Å². The molecule has 28 heavy (non-hydrogen) atoms. The van der Waals surface area contributed by atoms with Gasteiger partial charge in [0.1, 0.15) is 13.5 Å². The van der Waals surface area contributed by atoms with Crippen LogP contribution in [0.5, 0.6) is 0 Å². The molecule has 5 N–H and O–H groups in total. The molecule has 0 spiro atoms. The molecule has 0 aliphatic carbocycles. The first-order valence-corrected chi connectivity index (χ1v) is 8.55. The van der Waals surface area contributed by atoms with Gasteiger partial charge < -0.3 is 25.0 Å². The molecule has 0 atom stereocenters. The number of carbonyl (C=O) groups excluding carboxylic acids is 1. The van der Waals surface area contributed by atoms with Gasteiger partial charge in [0, 0.05) is 48.6 Å². The van der Waals surface area contributed by atoms with E-state index in [1.807, 2.05) is 43.3 Å². The predicted octanol–water partition coefficient (Wildman–Crippen LogP) is 2.32. The molecule has 0 saturated heterocycles. The standard InChI is InChI=1S/C5H6ClN.C5H7NO.C4H6N2O.C3H4N2.CH2O/c6-4-5-2-1-3-7-5;7-4-5-2-1-3-6-5;7-4-6-3-1-2-5-6;1-2-4-5-3-1;1-2/h1-3,7H,4H2;1-3,6-7H,4H2;1-3,7H,4H2;1-3H,(H,4,5);1H2. The number of nitrogens with one attached hydrogen (secondary N) is 3. The first-order chi connectivity index (χ1) is 13.8. The first-order valence-electron chi connectivity index (χ1n) is 8.02. The molecule has 0 amide bonds. The van der Waals surface area contributed by atoms with E-state index in [4.69, 9.17) is 26.6 Å². The maximum absolute atomic E-state index is 8.40. The number of hydrogen-bond acceptors (Lipinski definition) is 5. The molecule has 10 heteroatoms. The normalized spacial score (nSPS) is 8.54. The minimum Gasteiger partial charge on any atom is -0.390 e. The van der Waals surface area contributed by atoms with Crippen molar-refractivity contribution in [2.75, 3.05) is 0 Å². The van der Waals surface area contributed by atoms with E-state index in [9.17, 15) is 0 Å². The van der Waals surface area contributed by atoms with Crippen molar-refractivity contribution in [1.82, 2.24) is 29.9 Å². The van der Waals surface area contributed by atoms with Gasteiger partial charge in [-0.3, -0.25) is 5.10 Å². The first kappa shape index (κ1) is 24.9. The summed E-state index contributed by atoms with van der Waals surface area (Å²) in [5.74, 6) is 0.576. The second kappa shape index (κ2) is 18.6. The molecule has 9 nitrogen and oxygen atoms in total. The summed E-state index contributed by atoms with van der Waals surface area (Å²) in [7, 11) is 0. The van der Waals surface area contributed by atoms with Crippen molar-refractivity contribution in [3.8, 4) is 0 Å². The van der Waals surface area contributed by atoms with Gasteiger partial charge in [0.25, 0.3) is 0 Å². The van der Waals surface area contributed by atoms with E-state index in [0.29, 0.717) is 5.88 Å². The molecular formula is C18H25ClN6O3. The zero-order valence-corrected chi connectivity index (χ0v) is 16.0. The monoisotopic (exact) mass is 408 g/mol. The van der Waals surface area contributed by atoms with Crippen molar-refractivity contribution < 1.29 is 15.0 Å². The van der Waals surface area contributed by atoms with Crippen molar-refractivity contribution in [1.29, 1.82) is 0 Å². The Morgan fingerprint density at radius 1 is 0.964 bits per heavy atom. The molecule has 4 aromatic rings. The lowest BCUT2D eigenvalue weighted by molar-refractivity contribution is -0.0979. The summed E-state index contributed by atoms with van der Waals surface area (Å²) in [5, 5.41) is 26.6. The zero-order chi connectivity index (χ0) is 20.9.